The van der Waals surface area contributed by atoms with E-state index in [1.54, 1.807) is 0 Å². The molecule has 2 rings (SSSR count). The Bertz CT molecular complexity index is 444. The third kappa shape index (κ3) is 3.32. The highest BCUT2D eigenvalue weighted by molar-refractivity contribution is 7.86. The first-order valence-corrected chi connectivity index (χ1v) is 8.82. The van der Waals surface area contributed by atoms with Gasteiger partial charge < -0.3 is 5.32 Å². The van der Waals surface area contributed by atoms with Crippen LogP contribution < -0.4 is 5.32 Å². The fourth-order valence-corrected chi connectivity index (χ4v) is 4.33. The molecular formula is C13H25N3O3S. The lowest BCUT2D eigenvalue weighted by Gasteiger charge is -2.29. The lowest BCUT2D eigenvalue weighted by Crippen LogP contribution is -2.51. The first kappa shape index (κ1) is 15.7. The van der Waals surface area contributed by atoms with Gasteiger partial charge in [0.25, 0.3) is 10.2 Å². The maximum atomic E-state index is 12.4. The van der Waals surface area contributed by atoms with Gasteiger partial charge in [0.1, 0.15) is 6.04 Å². The predicted molar refractivity (Wildman–Crippen MR) is 77.4 cm³/mol. The Morgan fingerprint density at radius 3 is 2.35 bits per heavy atom. The van der Waals surface area contributed by atoms with Gasteiger partial charge in [-0.05, 0) is 25.7 Å². The van der Waals surface area contributed by atoms with Crippen LogP contribution >= 0.6 is 0 Å². The number of amides is 1. The Morgan fingerprint density at radius 1 is 1.10 bits per heavy atom. The van der Waals surface area contributed by atoms with Crippen molar-refractivity contribution in [3.05, 3.63) is 0 Å². The number of hydrogen-bond acceptors (Lipinski definition) is 3. The van der Waals surface area contributed by atoms with E-state index in [0.717, 1.165) is 32.1 Å². The molecule has 1 N–H and O–H groups in total. The molecule has 0 unspecified atom stereocenters. The van der Waals surface area contributed by atoms with Crippen molar-refractivity contribution >= 4 is 16.1 Å². The van der Waals surface area contributed by atoms with Crippen LogP contribution in [-0.2, 0) is 15.0 Å². The highest BCUT2D eigenvalue weighted by Gasteiger charge is 2.40. The Balaban J connectivity index is 2.01. The van der Waals surface area contributed by atoms with Gasteiger partial charge in [-0.1, -0.05) is 19.3 Å². The quantitative estimate of drug-likeness (QED) is 0.831. The van der Waals surface area contributed by atoms with E-state index in [4.69, 9.17) is 0 Å². The van der Waals surface area contributed by atoms with Crippen LogP contribution in [0, 0.1) is 0 Å². The summed E-state index contributed by atoms with van der Waals surface area (Å²) in [4.78, 5) is 12.4. The standard InChI is InChI=1S/C13H25N3O3S/c1-15(2)20(18,19)16-10-6-9-12(16)13(17)14-11-7-4-3-5-8-11/h11-12H,3-10H2,1-2H3,(H,14,17)/t12-/m1/s1. The monoisotopic (exact) mass is 303 g/mol. The molecule has 0 aromatic carbocycles. The van der Waals surface area contributed by atoms with E-state index in [0.29, 0.717) is 13.0 Å². The zero-order chi connectivity index (χ0) is 14.8. The summed E-state index contributed by atoms with van der Waals surface area (Å²) in [5.41, 5.74) is 0. The van der Waals surface area contributed by atoms with E-state index in [2.05, 4.69) is 5.32 Å². The molecule has 0 aromatic heterocycles. The second kappa shape index (κ2) is 6.41. The van der Waals surface area contributed by atoms with Gasteiger partial charge in [0.2, 0.25) is 5.91 Å². The summed E-state index contributed by atoms with van der Waals surface area (Å²) in [5, 5.41) is 3.04. The van der Waals surface area contributed by atoms with Gasteiger partial charge in [-0.2, -0.15) is 17.0 Å². The summed E-state index contributed by atoms with van der Waals surface area (Å²) in [6.45, 7) is 0.434. The molecule has 1 amide bonds. The second-order valence-corrected chi connectivity index (χ2v) is 8.00. The largest absolute Gasteiger partial charge is 0.352 e. The third-order valence-corrected chi connectivity index (χ3v) is 6.17. The molecular weight excluding hydrogens is 278 g/mol. The predicted octanol–water partition coefficient (Wildman–Crippen LogP) is 0.706. The maximum Gasteiger partial charge on any atom is 0.282 e. The average molecular weight is 303 g/mol. The minimum atomic E-state index is -3.51. The highest BCUT2D eigenvalue weighted by Crippen LogP contribution is 2.24. The summed E-state index contributed by atoms with van der Waals surface area (Å²) < 4.78 is 26.9. The number of nitrogens with one attached hydrogen (secondary N) is 1. The van der Waals surface area contributed by atoms with Crippen LogP contribution in [-0.4, -0.2) is 55.7 Å². The van der Waals surface area contributed by atoms with Crippen molar-refractivity contribution in [2.45, 2.75) is 57.0 Å². The first-order valence-electron chi connectivity index (χ1n) is 7.42. The molecule has 2 aliphatic rings. The van der Waals surface area contributed by atoms with E-state index < -0.39 is 16.3 Å². The number of carbonyl (C=O) groups excluding carboxylic acids is 1. The molecule has 1 aliphatic heterocycles. The Morgan fingerprint density at radius 2 is 1.75 bits per heavy atom. The van der Waals surface area contributed by atoms with Gasteiger partial charge in [0, 0.05) is 26.7 Å². The molecule has 116 valence electrons. The van der Waals surface area contributed by atoms with Gasteiger partial charge in [0.15, 0.2) is 0 Å². The molecule has 1 saturated heterocycles. The number of nitrogens with zero attached hydrogens (tertiary/aromatic N) is 2. The average Bonchev–Trinajstić information content (AvgIpc) is 2.89. The van der Waals surface area contributed by atoms with Crippen LogP contribution in [0.5, 0.6) is 0 Å². The van der Waals surface area contributed by atoms with Crippen LogP contribution in [0.25, 0.3) is 0 Å². The van der Waals surface area contributed by atoms with Crippen molar-refractivity contribution in [3.8, 4) is 0 Å². The summed E-state index contributed by atoms with van der Waals surface area (Å²) in [6.07, 6.45) is 6.92. The van der Waals surface area contributed by atoms with Gasteiger partial charge in [0.05, 0.1) is 0 Å². The smallest absolute Gasteiger partial charge is 0.282 e. The lowest BCUT2D eigenvalue weighted by atomic mass is 9.95. The maximum absolute atomic E-state index is 12.4. The van der Waals surface area contributed by atoms with Crippen molar-refractivity contribution < 1.29 is 13.2 Å². The molecule has 0 radical (unpaired) electrons. The molecule has 0 spiro atoms. The molecule has 1 atom stereocenters. The minimum absolute atomic E-state index is 0.125. The van der Waals surface area contributed by atoms with Crippen molar-refractivity contribution in [1.82, 2.24) is 13.9 Å². The van der Waals surface area contributed by atoms with Crippen molar-refractivity contribution in [3.63, 3.8) is 0 Å². The molecule has 2 fully saturated rings. The molecule has 7 heteroatoms. The number of rotatable bonds is 4. The van der Waals surface area contributed by atoms with Crippen molar-refractivity contribution in [1.29, 1.82) is 0 Å². The van der Waals surface area contributed by atoms with Gasteiger partial charge in [-0.15, -0.1) is 0 Å². The molecule has 0 bridgehead atoms. The minimum Gasteiger partial charge on any atom is -0.352 e. The fourth-order valence-electron chi connectivity index (χ4n) is 3.03. The second-order valence-electron chi connectivity index (χ2n) is 5.90. The molecule has 20 heavy (non-hydrogen) atoms. The Hall–Kier alpha value is -0.660. The Labute approximate surface area is 121 Å². The summed E-state index contributed by atoms with van der Waals surface area (Å²) in [5.74, 6) is -0.125. The summed E-state index contributed by atoms with van der Waals surface area (Å²) >= 11 is 0. The van der Waals surface area contributed by atoms with E-state index >= 15 is 0 Å². The SMILES string of the molecule is CN(C)S(=O)(=O)N1CCC[C@@H]1C(=O)NC1CCCCC1. The fraction of sp³-hybridized carbons (Fsp3) is 0.923. The van der Waals surface area contributed by atoms with Crippen LogP contribution in [0.3, 0.4) is 0 Å². The van der Waals surface area contributed by atoms with Crippen molar-refractivity contribution in [2.75, 3.05) is 20.6 Å². The summed E-state index contributed by atoms with van der Waals surface area (Å²) in [6, 6.07) is -0.315. The normalized spacial score (nSPS) is 26.1. The Kier molecular flexibility index (Phi) is 5.04. The van der Waals surface area contributed by atoms with Crippen LogP contribution in [0.4, 0.5) is 0 Å². The van der Waals surface area contributed by atoms with Gasteiger partial charge in [-0.3, -0.25) is 4.79 Å². The molecule has 6 nitrogen and oxygen atoms in total. The van der Waals surface area contributed by atoms with Crippen LogP contribution in [0.2, 0.25) is 0 Å². The van der Waals surface area contributed by atoms with Crippen molar-refractivity contribution in [2.24, 2.45) is 0 Å². The number of carbonyl (C=O) groups is 1. The molecule has 0 aromatic rings. The lowest BCUT2D eigenvalue weighted by molar-refractivity contribution is -0.125. The zero-order valence-electron chi connectivity index (χ0n) is 12.3. The molecule has 1 aliphatic carbocycles. The molecule has 1 saturated carbocycles. The zero-order valence-corrected chi connectivity index (χ0v) is 13.2. The van der Waals surface area contributed by atoms with E-state index in [1.165, 1.54) is 29.1 Å². The number of hydrogen-bond donors (Lipinski definition) is 1. The topological polar surface area (TPSA) is 69.7 Å². The van der Waals surface area contributed by atoms with Gasteiger partial charge in [-0.25, -0.2) is 0 Å². The van der Waals surface area contributed by atoms with Crippen LogP contribution in [0.15, 0.2) is 0 Å². The van der Waals surface area contributed by atoms with E-state index in [9.17, 15) is 13.2 Å². The van der Waals surface area contributed by atoms with E-state index in [-0.39, 0.29) is 11.9 Å². The summed E-state index contributed by atoms with van der Waals surface area (Å²) in [7, 11) is -0.498. The van der Waals surface area contributed by atoms with Crippen LogP contribution in [0.1, 0.15) is 44.9 Å². The highest BCUT2D eigenvalue weighted by atomic mass is 32.2. The van der Waals surface area contributed by atoms with E-state index in [1.807, 2.05) is 0 Å². The first-order chi connectivity index (χ1) is 9.43. The third-order valence-electron chi connectivity index (χ3n) is 4.22. The molecule has 1 heterocycles. The van der Waals surface area contributed by atoms with Gasteiger partial charge >= 0.3 is 0 Å².